The fraction of sp³-hybridized carbons (Fsp3) is 0.294. The van der Waals surface area contributed by atoms with Gasteiger partial charge in [0.05, 0.1) is 11.0 Å². The molecule has 1 aliphatic rings. The Morgan fingerprint density at radius 2 is 2.04 bits per heavy atom. The Morgan fingerprint density at radius 1 is 1.16 bits per heavy atom. The average Bonchev–Trinajstić information content (AvgIpc) is 3.17. The first-order valence-corrected chi connectivity index (χ1v) is 8.39. The first-order valence-electron chi connectivity index (χ1n) is 8.39. The number of rotatable bonds is 4. The van der Waals surface area contributed by atoms with E-state index in [9.17, 15) is 0 Å². The highest BCUT2D eigenvalue weighted by atomic mass is 15.4. The Kier molecular flexibility index (Phi) is 3.09. The molecular weight excluding hydrogens is 316 g/mol. The highest BCUT2D eigenvalue weighted by Gasteiger charge is 2.28. The minimum absolute atomic E-state index is 0.577. The lowest BCUT2D eigenvalue weighted by atomic mass is 10.0. The van der Waals surface area contributed by atoms with Crippen LogP contribution in [0.2, 0.25) is 0 Å². The van der Waals surface area contributed by atoms with Crippen LogP contribution in [0.5, 0.6) is 0 Å². The SMILES string of the molecule is Cc1nnc2ccc(N3CC(CNc4nc5ccccc5[nH]4)C3)nn12. The van der Waals surface area contributed by atoms with Gasteiger partial charge in [0.1, 0.15) is 5.82 Å². The van der Waals surface area contributed by atoms with Gasteiger partial charge >= 0.3 is 0 Å². The smallest absolute Gasteiger partial charge is 0.201 e. The summed E-state index contributed by atoms with van der Waals surface area (Å²) < 4.78 is 1.79. The van der Waals surface area contributed by atoms with E-state index in [1.165, 1.54) is 0 Å². The van der Waals surface area contributed by atoms with Crippen LogP contribution < -0.4 is 10.2 Å². The Labute approximate surface area is 143 Å². The number of H-pyrrole nitrogens is 1. The number of anilines is 2. The molecule has 5 rings (SSSR count). The van der Waals surface area contributed by atoms with Gasteiger partial charge in [0.2, 0.25) is 5.95 Å². The van der Waals surface area contributed by atoms with Crippen molar-refractivity contribution >= 4 is 28.4 Å². The summed E-state index contributed by atoms with van der Waals surface area (Å²) in [5.41, 5.74) is 2.83. The van der Waals surface area contributed by atoms with Gasteiger partial charge in [0.15, 0.2) is 11.5 Å². The summed E-state index contributed by atoms with van der Waals surface area (Å²) in [4.78, 5) is 10.1. The van der Waals surface area contributed by atoms with E-state index in [0.29, 0.717) is 5.92 Å². The maximum absolute atomic E-state index is 4.62. The molecule has 1 aliphatic heterocycles. The van der Waals surface area contributed by atoms with Crippen LogP contribution in [0, 0.1) is 12.8 Å². The molecule has 0 bridgehead atoms. The minimum atomic E-state index is 0.577. The van der Waals surface area contributed by atoms with Crippen molar-refractivity contribution in [2.45, 2.75) is 6.92 Å². The van der Waals surface area contributed by atoms with Crippen LogP contribution in [0.4, 0.5) is 11.8 Å². The number of aromatic amines is 1. The molecule has 0 aliphatic carbocycles. The normalized spacial score (nSPS) is 15.0. The van der Waals surface area contributed by atoms with Gasteiger partial charge in [-0.05, 0) is 31.2 Å². The summed E-state index contributed by atoms with van der Waals surface area (Å²) in [6.07, 6.45) is 0. The quantitative estimate of drug-likeness (QED) is 0.592. The number of aromatic nitrogens is 6. The predicted molar refractivity (Wildman–Crippen MR) is 95.8 cm³/mol. The van der Waals surface area contributed by atoms with E-state index >= 15 is 0 Å². The zero-order valence-corrected chi connectivity index (χ0v) is 13.8. The Bertz CT molecular complexity index is 1010. The van der Waals surface area contributed by atoms with Gasteiger partial charge in [-0.15, -0.1) is 15.3 Å². The van der Waals surface area contributed by atoms with Gasteiger partial charge in [-0.25, -0.2) is 4.98 Å². The van der Waals surface area contributed by atoms with E-state index in [0.717, 1.165) is 53.9 Å². The number of aryl methyl sites for hydroxylation is 1. The molecule has 8 heteroatoms. The summed E-state index contributed by atoms with van der Waals surface area (Å²) in [5, 5.41) is 16.1. The molecule has 0 saturated carbocycles. The summed E-state index contributed by atoms with van der Waals surface area (Å²) in [6.45, 7) is 4.76. The van der Waals surface area contributed by atoms with E-state index in [1.807, 2.05) is 43.3 Å². The highest BCUT2D eigenvalue weighted by Crippen LogP contribution is 2.23. The number of nitrogens with zero attached hydrogens (tertiary/aromatic N) is 6. The van der Waals surface area contributed by atoms with Crippen molar-refractivity contribution in [1.29, 1.82) is 0 Å². The zero-order chi connectivity index (χ0) is 16.8. The van der Waals surface area contributed by atoms with Crippen LogP contribution in [0.25, 0.3) is 16.7 Å². The first kappa shape index (κ1) is 14.2. The Morgan fingerprint density at radius 3 is 2.92 bits per heavy atom. The standard InChI is InChI=1S/C17H18N8/c1-11-21-22-15-6-7-16(23-25(11)15)24-9-12(10-24)8-18-17-19-13-4-2-3-5-14(13)20-17/h2-7,12H,8-10H2,1H3,(H2,18,19,20). The van der Waals surface area contributed by atoms with Crippen molar-refractivity contribution in [2.24, 2.45) is 5.92 Å². The molecule has 0 atom stereocenters. The second kappa shape index (κ2) is 5.44. The van der Waals surface area contributed by atoms with Crippen molar-refractivity contribution in [3.8, 4) is 0 Å². The third kappa shape index (κ3) is 2.46. The molecule has 3 aromatic heterocycles. The van der Waals surface area contributed by atoms with Gasteiger partial charge in [0.25, 0.3) is 0 Å². The lowest BCUT2D eigenvalue weighted by Crippen LogP contribution is -2.50. The van der Waals surface area contributed by atoms with Gasteiger partial charge in [-0.1, -0.05) is 12.1 Å². The average molecular weight is 334 g/mol. The topological polar surface area (TPSA) is 87.0 Å². The van der Waals surface area contributed by atoms with E-state index in [4.69, 9.17) is 0 Å². The van der Waals surface area contributed by atoms with Gasteiger partial charge < -0.3 is 15.2 Å². The van der Waals surface area contributed by atoms with E-state index in [-0.39, 0.29) is 0 Å². The van der Waals surface area contributed by atoms with Crippen LogP contribution in [-0.2, 0) is 0 Å². The first-order chi connectivity index (χ1) is 12.3. The molecule has 2 N–H and O–H groups in total. The maximum Gasteiger partial charge on any atom is 0.201 e. The van der Waals surface area contributed by atoms with E-state index < -0.39 is 0 Å². The van der Waals surface area contributed by atoms with E-state index in [1.54, 1.807) is 4.52 Å². The summed E-state index contributed by atoms with van der Waals surface area (Å²) in [6, 6.07) is 12.0. The van der Waals surface area contributed by atoms with Gasteiger partial charge in [-0.2, -0.15) is 4.52 Å². The predicted octanol–water partition coefficient (Wildman–Crippen LogP) is 1.86. The number of hydrogen-bond donors (Lipinski definition) is 2. The summed E-state index contributed by atoms with van der Waals surface area (Å²) >= 11 is 0. The molecule has 1 aromatic carbocycles. The van der Waals surface area contributed by atoms with Crippen LogP contribution in [0.15, 0.2) is 36.4 Å². The van der Waals surface area contributed by atoms with Crippen molar-refractivity contribution in [2.75, 3.05) is 29.9 Å². The number of imidazole rings is 1. The molecule has 4 heterocycles. The van der Waals surface area contributed by atoms with Crippen LogP contribution in [-0.4, -0.2) is 49.4 Å². The lowest BCUT2D eigenvalue weighted by Gasteiger charge is -2.40. The zero-order valence-electron chi connectivity index (χ0n) is 13.8. The second-order valence-corrected chi connectivity index (χ2v) is 6.46. The minimum Gasteiger partial charge on any atom is -0.355 e. The molecule has 126 valence electrons. The van der Waals surface area contributed by atoms with Crippen molar-refractivity contribution in [1.82, 2.24) is 29.8 Å². The molecule has 0 unspecified atom stereocenters. The number of hydrogen-bond acceptors (Lipinski definition) is 6. The lowest BCUT2D eigenvalue weighted by molar-refractivity contribution is 0.424. The molecule has 0 amide bonds. The van der Waals surface area contributed by atoms with Crippen LogP contribution in [0.3, 0.4) is 0 Å². The molecule has 25 heavy (non-hydrogen) atoms. The molecule has 0 spiro atoms. The maximum atomic E-state index is 4.62. The summed E-state index contributed by atoms with van der Waals surface area (Å²) in [5.74, 6) is 3.18. The van der Waals surface area contributed by atoms with Crippen molar-refractivity contribution in [3.05, 3.63) is 42.2 Å². The highest BCUT2D eigenvalue weighted by molar-refractivity contribution is 5.77. The van der Waals surface area contributed by atoms with E-state index in [2.05, 4.69) is 35.5 Å². The monoisotopic (exact) mass is 334 g/mol. The molecule has 8 nitrogen and oxygen atoms in total. The third-order valence-electron chi connectivity index (χ3n) is 4.63. The Balaban J connectivity index is 1.21. The van der Waals surface area contributed by atoms with Crippen LogP contribution in [0.1, 0.15) is 5.82 Å². The van der Waals surface area contributed by atoms with Gasteiger partial charge in [-0.3, -0.25) is 0 Å². The van der Waals surface area contributed by atoms with Crippen molar-refractivity contribution in [3.63, 3.8) is 0 Å². The van der Waals surface area contributed by atoms with Crippen LogP contribution >= 0.6 is 0 Å². The third-order valence-corrected chi connectivity index (χ3v) is 4.63. The fourth-order valence-corrected chi connectivity index (χ4v) is 3.22. The number of benzene rings is 1. The second-order valence-electron chi connectivity index (χ2n) is 6.46. The number of para-hydroxylation sites is 2. The fourth-order valence-electron chi connectivity index (χ4n) is 3.22. The molecular formula is C17H18N8. The summed E-state index contributed by atoms with van der Waals surface area (Å²) in [7, 11) is 0. The van der Waals surface area contributed by atoms with Gasteiger partial charge in [0, 0.05) is 25.6 Å². The molecule has 1 fully saturated rings. The van der Waals surface area contributed by atoms with Crippen molar-refractivity contribution < 1.29 is 0 Å². The Hall–Kier alpha value is -3.16. The largest absolute Gasteiger partial charge is 0.355 e. The molecule has 1 saturated heterocycles. The number of nitrogens with one attached hydrogen (secondary N) is 2. The molecule has 0 radical (unpaired) electrons. The number of fused-ring (bicyclic) bond motifs is 2. The molecule has 4 aromatic rings.